The number of rotatable bonds is 4. The summed E-state index contributed by atoms with van der Waals surface area (Å²) in [6.45, 7) is 3.21. The maximum atomic E-state index is 12.7. The summed E-state index contributed by atoms with van der Waals surface area (Å²) in [6, 6.07) is 0.0283. The first-order valence-corrected chi connectivity index (χ1v) is 8.40. The van der Waals surface area contributed by atoms with Crippen LogP contribution in [-0.4, -0.2) is 53.0 Å². The van der Waals surface area contributed by atoms with Crippen molar-refractivity contribution < 1.29 is 14.3 Å². The van der Waals surface area contributed by atoms with Crippen molar-refractivity contribution in [3.63, 3.8) is 0 Å². The molecule has 24 heavy (non-hydrogen) atoms. The number of carbonyl (C=O) groups is 1. The molecule has 1 aliphatic heterocycles. The highest BCUT2D eigenvalue weighted by atomic mass is 35.5. The summed E-state index contributed by atoms with van der Waals surface area (Å²) in [4.78, 5) is 16.9. The molecule has 2 aliphatic rings. The van der Waals surface area contributed by atoms with Gasteiger partial charge in [-0.15, -0.1) is 0 Å². The van der Waals surface area contributed by atoms with Crippen molar-refractivity contribution in [3.8, 4) is 0 Å². The Morgan fingerprint density at radius 3 is 3.21 bits per heavy atom. The van der Waals surface area contributed by atoms with Gasteiger partial charge in [0.2, 0.25) is 0 Å². The van der Waals surface area contributed by atoms with Gasteiger partial charge >= 0.3 is 0 Å². The van der Waals surface area contributed by atoms with E-state index in [1.54, 1.807) is 24.0 Å². The molecule has 3 heterocycles. The van der Waals surface area contributed by atoms with Crippen molar-refractivity contribution >= 4 is 23.2 Å². The van der Waals surface area contributed by atoms with Crippen molar-refractivity contribution in [1.29, 1.82) is 0 Å². The number of nitrogens with zero attached hydrogens (tertiary/aromatic N) is 3. The molecule has 2 aromatic rings. The third-order valence-electron chi connectivity index (χ3n) is 4.95. The summed E-state index contributed by atoms with van der Waals surface area (Å²) in [5, 5.41) is 7.63. The maximum absolute atomic E-state index is 12.7. The number of aryl methyl sites for hydroxylation is 1. The molecule has 1 saturated carbocycles. The number of aromatic nitrogens is 3. The highest BCUT2D eigenvalue weighted by Gasteiger charge is 2.54. The van der Waals surface area contributed by atoms with Crippen molar-refractivity contribution in [2.45, 2.75) is 25.5 Å². The van der Waals surface area contributed by atoms with Gasteiger partial charge in [-0.3, -0.25) is 4.79 Å². The monoisotopic (exact) mass is 350 g/mol. The van der Waals surface area contributed by atoms with Crippen LogP contribution in [0.5, 0.6) is 0 Å². The first-order chi connectivity index (χ1) is 11.6. The zero-order valence-corrected chi connectivity index (χ0v) is 14.3. The molecule has 1 amide bonds. The number of nitrogens with one attached hydrogen (secondary N) is 1. The van der Waals surface area contributed by atoms with Gasteiger partial charge in [0, 0.05) is 44.0 Å². The van der Waals surface area contributed by atoms with Gasteiger partial charge in [-0.1, -0.05) is 11.6 Å². The predicted octanol–water partition coefficient (Wildman–Crippen LogP) is 1.47. The summed E-state index contributed by atoms with van der Waals surface area (Å²) >= 11 is 6.30. The molecule has 1 aliphatic carbocycles. The normalized spacial score (nSPS) is 28.6. The number of ether oxygens (including phenoxy) is 2. The van der Waals surface area contributed by atoms with Crippen molar-refractivity contribution in [2.24, 2.45) is 11.8 Å². The molecule has 7 nitrogen and oxygen atoms in total. The smallest absolute Gasteiger partial charge is 0.273 e. The second-order valence-corrected chi connectivity index (χ2v) is 6.85. The minimum absolute atomic E-state index is 0.0283. The topological polar surface area (TPSA) is 77.8 Å². The van der Waals surface area contributed by atoms with Crippen LogP contribution in [0.25, 0.3) is 5.65 Å². The number of hydrogen-bond donors (Lipinski definition) is 1. The Morgan fingerprint density at radius 2 is 2.42 bits per heavy atom. The minimum Gasteiger partial charge on any atom is -0.384 e. The zero-order valence-electron chi connectivity index (χ0n) is 13.5. The fourth-order valence-corrected chi connectivity index (χ4v) is 4.06. The van der Waals surface area contributed by atoms with Crippen molar-refractivity contribution in [2.75, 3.05) is 20.3 Å². The van der Waals surface area contributed by atoms with Crippen LogP contribution in [0.2, 0.25) is 5.02 Å². The Hall–Kier alpha value is -1.70. The standard InChI is InChI=1S/C16H19ClN4O3/c1-8-5-18-15-11(17)13(20-21(15)6-8)16(22)19-12-9-3-4-24-14(9)10(12)7-23-2/h5-6,9-10,12,14H,3-4,7H2,1-2H3,(H,19,22)/t9-,10-,12-,14-/m0/s1. The fourth-order valence-electron chi connectivity index (χ4n) is 3.80. The average molecular weight is 351 g/mol. The van der Waals surface area contributed by atoms with Crippen LogP contribution in [0.15, 0.2) is 12.4 Å². The molecule has 0 aromatic carbocycles. The fraction of sp³-hybridized carbons (Fsp3) is 0.562. The van der Waals surface area contributed by atoms with Gasteiger partial charge in [-0.25, -0.2) is 9.50 Å². The molecule has 1 N–H and O–H groups in total. The second-order valence-electron chi connectivity index (χ2n) is 6.47. The Bertz CT molecular complexity index is 793. The van der Waals surface area contributed by atoms with E-state index in [2.05, 4.69) is 15.4 Å². The summed E-state index contributed by atoms with van der Waals surface area (Å²) < 4.78 is 12.5. The molecule has 0 bridgehead atoms. The number of halogens is 1. The van der Waals surface area contributed by atoms with E-state index in [4.69, 9.17) is 21.1 Å². The molecule has 0 spiro atoms. The molecular weight excluding hydrogens is 332 g/mol. The van der Waals surface area contributed by atoms with Gasteiger partial charge < -0.3 is 14.8 Å². The molecule has 4 atom stereocenters. The van der Waals surface area contributed by atoms with Gasteiger partial charge in [-0.2, -0.15) is 5.10 Å². The number of hydrogen-bond acceptors (Lipinski definition) is 5. The third-order valence-corrected chi connectivity index (χ3v) is 5.29. The largest absolute Gasteiger partial charge is 0.384 e. The minimum atomic E-state index is -0.278. The predicted molar refractivity (Wildman–Crippen MR) is 87.2 cm³/mol. The van der Waals surface area contributed by atoms with E-state index in [0.29, 0.717) is 18.2 Å². The van der Waals surface area contributed by atoms with Gasteiger partial charge in [0.25, 0.3) is 5.91 Å². The highest BCUT2D eigenvalue weighted by Crippen LogP contribution is 2.43. The van der Waals surface area contributed by atoms with E-state index < -0.39 is 0 Å². The lowest BCUT2D eigenvalue weighted by Gasteiger charge is -2.47. The van der Waals surface area contributed by atoms with Crippen LogP contribution >= 0.6 is 11.6 Å². The van der Waals surface area contributed by atoms with Crippen LogP contribution in [-0.2, 0) is 9.47 Å². The van der Waals surface area contributed by atoms with E-state index in [9.17, 15) is 4.79 Å². The van der Waals surface area contributed by atoms with Crippen LogP contribution in [0, 0.1) is 18.8 Å². The van der Waals surface area contributed by atoms with E-state index in [1.165, 1.54) is 0 Å². The Kier molecular flexibility index (Phi) is 3.94. The molecule has 0 unspecified atom stereocenters. The third kappa shape index (κ3) is 2.39. The Balaban J connectivity index is 1.57. The van der Waals surface area contributed by atoms with Crippen LogP contribution in [0.4, 0.5) is 0 Å². The SMILES string of the molecule is COC[C@H]1[C@@H](NC(=O)c2nn3cc(C)cnc3c2Cl)[C@@H]2CCO[C@@H]21. The molecule has 1 saturated heterocycles. The van der Waals surface area contributed by atoms with Crippen molar-refractivity contribution in [3.05, 3.63) is 28.7 Å². The maximum Gasteiger partial charge on any atom is 0.273 e. The summed E-state index contributed by atoms with van der Waals surface area (Å²) in [6.07, 6.45) is 4.63. The van der Waals surface area contributed by atoms with Crippen LogP contribution in [0.3, 0.4) is 0 Å². The molecule has 2 fully saturated rings. The van der Waals surface area contributed by atoms with Gasteiger partial charge in [0.15, 0.2) is 11.3 Å². The van der Waals surface area contributed by atoms with Gasteiger partial charge in [0.05, 0.1) is 12.7 Å². The first-order valence-electron chi connectivity index (χ1n) is 8.02. The lowest BCUT2D eigenvalue weighted by atomic mass is 9.67. The lowest BCUT2D eigenvalue weighted by Crippen LogP contribution is -2.62. The molecule has 4 rings (SSSR count). The number of carbonyl (C=O) groups excluding carboxylic acids is 1. The molecule has 0 radical (unpaired) electrons. The van der Waals surface area contributed by atoms with E-state index >= 15 is 0 Å². The van der Waals surface area contributed by atoms with Crippen LogP contribution in [0.1, 0.15) is 22.5 Å². The van der Waals surface area contributed by atoms with E-state index in [-0.39, 0.29) is 34.7 Å². The quantitative estimate of drug-likeness (QED) is 0.903. The molecule has 8 heteroatoms. The molecular formula is C16H19ClN4O3. The van der Waals surface area contributed by atoms with Crippen molar-refractivity contribution in [1.82, 2.24) is 19.9 Å². The first kappa shape index (κ1) is 15.8. The Morgan fingerprint density at radius 1 is 1.58 bits per heavy atom. The lowest BCUT2D eigenvalue weighted by molar-refractivity contribution is -0.0810. The van der Waals surface area contributed by atoms with Crippen LogP contribution < -0.4 is 5.32 Å². The summed E-state index contributed by atoms with van der Waals surface area (Å²) in [5.74, 6) is 0.229. The number of fused-ring (bicyclic) bond motifs is 2. The molecule has 128 valence electrons. The zero-order chi connectivity index (χ0) is 16.8. The highest BCUT2D eigenvalue weighted by molar-refractivity contribution is 6.36. The number of methoxy groups -OCH3 is 1. The number of amides is 1. The Labute approximate surface area is 144 Å². The summed E-state index contributed by atoms with van der Waals surface area (Å²) in [5.41, 5.74) is 1.63. The van der Waals surface area contributed by atoms with Gasteiger partial charge in [0.1, 0.15) is 5.02 Å². The summed E-state index contributed by atoms with van der Waals surface area (Å²) in [7, 11) is 1.66. The molecule has 2 aromatic heterocycles. The van der Waals surface area contributed by atoms with Gasteiger partial charge in [-0.05, 0) is 18.9 Å². The van der Waals surface area contributed by atoms with E-state index in [1.807, 2.05) is 6.92 Å². The average Bonchev–Trinajstić information content (AvgIpc) is 3.12. The second kappa shape index (κ2) is 5.98. The van der Waals surface area contributed by atoms with E-state index in [0.717, 1.165) is 18.6 Å².